The van der Waals surface area contributed by atoms with E-state index in [2.05, 4.69) is 31.2 Å². The van der Waals surface area contributed by atoms with Gasteiger partial charge in [0.25, 0.3) is 0 Å². The zero-order chi connectivity index (χ0) is 17.2. The molecule has 3 aromatic rings. The number of carbonyl (C=O) groups excluding carboxylic acids is 1. The first-order chi connectivity index (χ1) is 12.3. The molecule has 0 bridgehead atoms. The van der Waals surface area contributed by atoms with Crippen LogP contribution in [0.1, 0.15) is 28.2 Å². The molecule has 4 rings (SSSR count). The third-order valence-corrected chi connectivity index (χ3v) is 4.59. The summed E-state index contributed by atoms with van der Waals surface area (Å²) in [4.78, 5) is 12.1. The predicted octanol–water partition coefficient (Wildman–Crippen LogP) is 5.13. The maximum atomic E-state index is 12.1. The van der Waals surface area contributed by atoms with Crippen LogP contribution < -0.4 is 4.74 Å². The number of hydrogen-bond donors (Lipinski definition) is 0. The molecule has 2 nitrogen and oxygen atoms in total. The summed E-state index contributed by atoms with van der Waals surface area (Å²) in [6, 6.07) is 26.1. The van der Waals surface area contributed by atoms with E-state index in [0.29, 0.717) is 11.3 Å². The van der Waals surface area contributed by atoms with Crippen LogP contribution in [0.3, 0.4) is 0 Å². The molecule has 0 saturated carbocycles. The number of aldehydes is 1. The molecule has 1 atom stereocenters. The minimum Gasteiger partial charge on any atom is -0.456 e. The molecule has 2 heteroatoms. The summed E-state index contributed by atoms with van der Waals surface area (Å²) in [6.07, 6.45) is 0.933. The molecular weight excluding hydrogens is 308 g/mol. The summed E-state index contributed by atoms with van der Waals surface area (Å²) in [5, 5.41) is 0. The zero-order valence-corrected chi connectivity index (χ0v) is 14.0. The normalized spacial score (nSPS) is 16.1. The number of hydrogen-bond acceptors (Lipinski definition) is 2. The molecule has 1 heterocycles. The van der Waals surface area contributed by atoms with Gasteiger partial charge in [-0.3, -0.25) is 4.79 Å². The Bertz CT molecular complexity index is 937. The van der Waals surface area contributed by atoms with Crippen LogP contribution in [-0.2, 0) is 4.79 Å². The number of benzene rings is 3. The quantitative estimate of drug-likeness (QED) is 0.624. The Morgan fingerprint density at radius 3 is 2.24 bits per heavy atom. The van der Waals surface area contributed by atoms with E-state index < -0.39 is 0 Å². The highest BCUT2D eigenvalue weighted by Gasteiger charge is 2.31. The first-order valence-electron chi connectivity index (χ1n) is 8.36. The maximum absolute atomic E-state index is 12.1. The van der Waals surface area contributed by atoms with E-state index >= 15 is 0 Å². The van der Waals surface area contributed by atoms with Crippen molar-refractivity contribution in [2.45, 2.75) is 12.8 Å². The van der Waals surface area contributed by atoms with Crippen LogP contribution in [0.15, 0.2) is 84.4 Å². The standard InChI is InChI=1S/C23H18O2/c1-16-11-13-17(14-12-16)22-19-9-5-6-10-21(19)25-23(20(22)15-24)18-7-3-2-4-8-18/h2-15,22H,1H3/t22-/m0/s1. The van der Waals surface area contributed by atoms with Crippen molar-refractivity contribution in [2.24, 2.45) is 0 Å². The Morgan fingerprint density at radius 2 is 1.52 bits per heavy atom. The SMILES string of the molecule is Cc1ccc([C@@H]2C(C=O)=C(c3ccccc3)Oc3ccccc32)cc1. The lowest BCUT2D eigenvalue weighted by Crippen LogP contribution is -2.17. The lowest BCUT2D eigenvalue weighted by atomic mass is 9.81. The van der Waals surface area contributed by atoms with Gasteiger partial charge in [-0.25, -0.2) is 0 Å². The first-order valence-corrected chi connectivity index (χ1v) is 8.36. The zero-order valence-electron chi connectivity index (χ0n) is 14.0. The number of ether oxygens (including phenoxy) is 1. The van der Waals surface area contributed by atoms with Crippen LogP contribution in [0.5, 0.6) is 5.75 Å². The van der Waals surface area contributed by atoms with E-state index in [-0.39, 0.29) is 5.92 Å². The molecule has 25 heavy (non-hydrogen) atoms. The van der Waals surface area contributed by atoms with Gasteiger partial charge in [0.05, 0.1) is 0 Å². The van der Waals surface area contributed by atoms with Crippen LogP contribution in [0, 0.1) is 6.92 Å². The minimum atomic E-state index is -0.127. The molecule has 0 spiro atoms. The van der Waals surface area contributed by atoms with Crippen molar-refractivity contribution in [3.05, 3.63) is 107 Å². The summed E-state index contributed by atoms with van der Waals surface area (Å²) in [5.74, 6) is 1.32. The molecule has 0 N–H and O–H groups in total. The van der Waals surface area contributed by atoms with E-state index in [1.165, 1.54) is 5.56 Å². The van der Waals surface area contributed by atoms with Crippen molar-refractivity contribution in [1.29, 1.82) is 0 Å². The van der Waals surface area contributed by atoms with Gasteiger partial charge >= 0.3 is 0 Å². The van der Waals surface area contributed by atoms with Crippen molar-refractivity contribution in [2.75, 3.05) is 0 Å². The van der Waals surface area contributed by atoms with Crippen molar-refractivity contribution >= 4 is 12.0 Å². The second-order valence-corrected chi connectivity index (χ2v) is 6.25. The Hall–Kier alpha value is -3.13. The van der Waals surface area contributed by atoms with E-state index in [1.54, 1.807) is 0 Å². The Morgan fingerprint density at radius 1 is 0.840 bits per heavy atom. The highest BCUT2D eigenvalue weighted by molar-refractivity contribution is 5.91. The number of fused-ring (bicyclic) bond motifs is 1. The fraction of sp³-hybridized carbons (Fsp3) is 0.0870. The fourth-order valence-electron chi connectivity index (χ4n) is 3.33. The van der Waals surface area contributed by atoms with E-state index in [4.69, 9.17) is 4.74 Å². The Kier molecular flexibility index (Phi) is 3.95. The molecule has 0 fully saturated rings. The summed E-state index contributed by atoms with van der Waals surface area (Å²) in [5.41, 5.74) is 4.89. The maximum Gasteiger partial charge on any atom is 0.150 e. The number of carbonyl (C=O) groups is 1. The van der Waals surface area contributed by atoms with Gasteiger partial charge in [0, 0.05) is 22.6 Å². The largest absolute Gasteiger partial charge is 0.456 e. The monoisotopic (exact) mass is 326 g/mol. The molecule has 0 unspecified atom stereocenters. The summed E-state index contributed by atoms with van der Waals surface area (Å²) < 4.78 is 6.15. The fourth-order valence-corrected chi connectivity index (χ4v) is 3.33. The molecule has 122 valence electrons. The second-order valence-electron chi connectivity index (χ2n) is 6.25. The molecule has 0 saturated heterocycles. The molecule has 1 aliphatic heterocycles. The van der Waals surface area contributed by atoms with Crippen LogP contribution in [0.25, 0.3) is 5.76 Å². The van der Waals surface area contributed by atoms with Crippen LogP contribution in [0.2, 0.25) is 0 Å². The molecular formula is C23H18O2. The smallest absolute Gasteiger partial charge is 0.150 e. The van der Waals surface area contributed by atoms with E-state index in [9.17, 15) is 4.79 Å². The molecule has 0 amide bonds. The van der Waals surface area contributed by atoms with Gasteiger partial charge in [0.15, 0.2) is 6.29 Å². The Labute approximate surface area is 147 Å². The van der Waals surface area contributed by atoms with Crippen molar-refractivity contribution in [3.63, 3.8) is 0 Å². The third-order valence-electron chi connectivity index (χ3n) is 4.59. The number of aryl methyl sites for hydroxylation is 1. The van der Waals surface area contributed by atoms with Gasteiger partial charge in [-0.05, 0) is 18.6 Å². The van der Waals surface area contributed by atoms with Crippen molar-refractivity contribution < 1.29 is 9.53 Å². The summed E-state index contributed by atoms with van der Waals surface area (Å²) >= 11 is 0. The van der Waals surface area contributed by atoms with Gasteiger partial charge in [-0.2, -0.15) is 0 Å². The number of allylic oxidation sites excluding steroid dienone is 1. The lowest BCUT2D eigenvalue weighted by Gasteiger charge is -2.29. The van der Waals surface area contributed by atoms with Crippen LogP contribution in [0.4, 0.5) is 0 Å². The third kappa shape index (κ3) is 2.76. The summed E-state index contributed by atoms with van der Waals surface area (Å²) in [7, 11) is 0. The van der Waals surface area contributed by atoms with Gasteiger partial charge < -0.3 is 4.74 Å². The molecule has 0 aromatic heterocycles. The van der Waals surface area contributed by atoms with E-state index in [0.717, 1.165) is 28.7 Å². The van der Waals surface area contributed by atoms with E-state index in [1.807, 2.05) is 54.6 Å². The molecule has 0 aliphatic carbocycles. The van der Waals surface area contributed by atoms with Gasteiger partial charge in [-0.1, -0.05) is 78.4 Å². The van der Waals surface area contributed by atoms with Crippen LogP contribution >= 0.6 is 0 Å². The average molecular weight is 326 g/mol. The van der Waals surface area contributed by atoms with Crippen molar-refractivity contribution in [1.82, 2.24) is 0 Å². The first kappa shape index (κ1) is 15.4. The molecule has 1 aliphatic rings. The number of rotatable bonds is 3. The second kappa shape index (κ2) is 6.40. The van der Waals surface area contributed by atoms with Gasteiger partial charge in [-0.15, -0.1) is 0 Å². The minimum absolute atomic E-state index is 0.127. The van der Waals surface area contributed by atoms with Gasteiger partial charge in [0.1, 0.15) is 11.5 Å². The van der Waals surface area contributed by atoms with Gasteiger partial charge in [0.2, 0.25) is 0 Å². The Balaban J connectivity index is 1.95. The topological polar surface area (TPSA) is 26.3 Å². The number of para-hydroxylation sites is 1. The molecule has 0 radical (unpaired) electrons. The average Bonchev–Trinajstić information content (AvgIpc) is 2.68. The lowest BCUT2D eigenvalue weighted by molar-refractivity contribution is -0.105. The predicted molar refractivity (Wildman–Crippen MR) is 99.5 cm³/mol. The highest BCUT2D eigenvalue weighted by Crippen LogP contribution is 2.44. The van der Waals surface area contributed by atoms with Crippen LogP contribution in [-0.4, -0.2) is 6.29 Å². The summed E-state index contributed by atoms with van der Waals surface area (Å²) in [6.45, 7) is 2.06. The van der Waals surface area contributed by atoms with Crippen molar-refractivity contribution in [3.8, 4) is 5.75 Å². The highest BCUT2D eigenvalue weighted by atomic mass is 16.5. The molecule has 3 aromatic carbocycles.